The quantitative estimate of drug-likeness (QED) is 0.810. The molecule has 1 aromatic carbocycles. The van der Waals surface area contributed by atoms with E-state index in [1.807, 2.05) is 25.3 Å². The third kappa shape index (κ3) is 2.18. The fourth-order valence-corrected chi connectivity index (χ4v) is 2.02. The number of rotatable bonds is 3. The molecule has 1 N–H and O–H groups in total. The van der Waals surface area contributed by atoms with Gasteiger partial charge in [0.25, 0.3) is 5.91 Å². The van der Waals surface area contributed by atoms with Crippen LogP contribution in [0.4, 0.5) is 5.69 Å². The number of amides is 1. The van der Waals surface area contributed by atoms with E-state index >= 15 is 0 Å². The van der Waals surface area contributed by atoms with Crippen molar-refractivity contribution in [2.45, 2.75) is 20.8 Å². The van der Waals surface area contributed by atoms with Crippen molar-refractivity contribution in [3.63, 3.8) is 0 Å². The Labute approximate surface area is 102 Å². The Balaban J connectivity index is 2.43. The Hall–Kier alpha value is -1.77. The lowest BCUT2D eigenvalue weighted by molar-refractivity contribution is -0.110. The first-order chi connectivity index (χ1) is 8.15. The minimum Gasteiger partial charge on any atom is -0.377 e. The van der Waals surface area contributed by atoms with Crippen molar-refractivity contribution in [3.8, 4) is 0 Å². The molecular weight excluding hydrogens is 212 g/mol. The van der Waals surface area contributed by atoms with Crippen molar-refractivity contribution in [3.05, 3.63) is 35.5 Å². The molecule has 0 unspecified atom stereocenters. The molecular formula is C14H18N2O. The zero-order valence-corrected chi connectivity index (χ0v) is 10.6. The molecule has 90 valence electrons. The van der Waals surface area contributed by atoms with Crippen molar-refractivity contribution < 1.29 is 4.79 Å². The Morgan fingerprint density at radius 2 is 2.00 bits per heavy atom. The highest BCUT2D eigenvalue weighted by atomic mass is 16.2. The lowest BCUT2D eigenvalue weighted by Gasteiger charge is -2.16. The normalized spacial score (nSPS) is 15.9. The second kappa shape index (κ2) is 4.62. The number of carbonyl (C=O) groups is 1. The maximum absolute atomic E-state index is 11.9. The van der Waals surface area contributed by atoms with Crippen LogP contribution in [0.25, 0.3) is 5.57 Å². The van der Waals surface area contributed by atoms with Gasteiger partial charge in [-0.3, -0.25) is 4.79 Å². The average Bonchev–Trinajstić information content (AvgIpc) is 2.62. The third-order valence-corrected chi connectivity index (χ3v) is 3.08. The standard InChI is InChI=1S/C14H18N2O/c1-4-16(5-2)9-12-11-8-10(3)6-7-13(11)15-14(12)17/h6-9H,4-5H2,1-3H3,(H,15,17)/b12-9+. The molecule has 0 atom stereocenters. The summed E-state index contributed by atoms with van der Waals surface area (Å²) in [6.45, 7) is 8.04. The molecule has 0 radical (unpaired) electrons. The zero-order chi connectivity index (χ0) is 12.4. The van der Waals surface area contributed by atoms with Gasteiger partial charge in [0.15, 0.2) is 0 Å². The Bertz CT molecular complexity index is 473. The van der Waals surface area contributed by atoms with Crippen LogP contribution in [0.1, 0.15) is 25.0 Å². The Kier molecular flexibility index (Phi) is 3.18. The molecule has 0 spiro atoms. The Morgan fingerprint density at radius 1 is 1.29 bits per heavy atom. The van der Waals surface area contributed by atoms with Gasteiger partial charge in [0.1, 0.15) is 0 Å². The molecule has 1 heterocycles. The van der Waals surface area contributed by atoms with Gasteiger partial charge in [-0.2, -0.15) is 0 Å². The van der Waals surface area contributed by atoms with Gasteiger partial charge >= 0.3 is 0 Å². The van der Waals surface area contributed by atoms with Crippen LogP contribution in [0.3, 0.4) is 0 Å². The summed E-state index contributed by atoms with van der Waals surface area (Å²) in [5.74, 6) is -0.00231. The van der Waals surface area contributed by atoms with Crippen LogP contribution in [-0.2, 0) is 4.79 Å². The van der Waals surface area contributed by atoms with Crippen LogP contribution in [0.2, 0.25) is 0 Å². The van der Waals surface area contributed by atoms with Crippen LogP contribution in [-0.4, -0.2) is 23.9 Å². The fourth-order valence-electron chi connectivity index (χ4n) is 2.02. The summed E-state index contributed by atoms with van der Waals surface area (Å²) < 4.78 is 0. The monoisotopic (exact) mass is 230 g/mol. The lowest BCUT2D eigenvalue weighted by atomic mass is 10.1. The summed E-state index contributed by atoms with van der Waals surface area (Å²) in [5.41, 5.74) is 3.87. The van der Waals surface area contributed by atoms with E-state index in [-0.39, 0.29) is 5.91 Å². The minimum atomic E-state index is -0.00231. The highest BCUT2D eigenvalue weighted by molar-refractivity contribution is 6.31. The molecule has 0 bridgehead atoms. The van der Waals surface area contributed by atoms with E-state index in [1.165, 1.54) is 5.56 Å². The van der Waals surface area contributed by atoms with Crippen molar-refractivity contribution in [1.82, 2.24) is 4.90 Å². The molecule has 1 amide bonds. The fraction of sp³-hybridized carbons (Fsp3) is 0.357. The van der Waals surface area contributed by atoms with Gasteiger partial charge in [-0.1, -0.05) is 11.6 Å². The number of anilines is 1. The number of benzene rings is 1. The molecule has 0 aliphatic carbocycles. The molecule has 3 nitrogen and oxygen atoms in total. The highest BCUT2D eigenvalue weighted by Gasteiger charge is 2.24. The molecule has 2 rings (SSSR count). The number of nitrogens with one attached hydrogen (secondary N) is 1. The minimum absolute atomic E-state index is 0.00231. The number of hydrogen-bond acceptors (Lipinski definition) is 2. The largest absolute Gasteiger partial charge is 0.377 e. The lowest BCUT2D eigenvalue weighted by Crippen LogP contribution is -2.17. The molecule has 0 saturated heterocycles. The van der Waals surface area contributed by atoms with Crippen LogP contribution in [0.5, 0.6) is 0 Å². The molecule has 0 saturated carbocycles. The second-order valence-electron chi connectivity index (χ2n) is 4.27. The number of carbonyl (C=O) groups excluding carboxylic acids is 1. The van der Waals surface area contributed by atoms with Gasteiger partial charge in [0.2, 0.25) is 0 Å². The van der Waals surface area contributed by atoms with E-state index < -0.39 is 0 Å². The summed E-state index contributed by atoms with van der Waals surface area (Å²) in [7, 11) is 0. The summed E-state index contributed by atoms with van der Waals surface area (Å²) in [5, 5.41) is 2.89. The second-order valence-corrected chi connectivity index (χ2v) is 4.27. The van der Waals surface area contributed by atoms with Crippen LogP contribution in [0.15, 0.2) is 24.4 Å². The summed E-state index contributed by atoms with van der Waals surface area (Å²) in [6, 6.07) is 6.04. The molecule has 1 aliphatic heterocycles. The van der Waals surface area contributed by atoms with E-state index in [0.29, 0.717) is 0 Å². The van der Waals surface area contributed by atoms with Gasteiger partial charge in [-0.15, -0.1) is 0 Å². The van der Waals surface area contributed by atoms with Gasteiger partial charge in [-0.25, -0.2) is 0 Å². The van der Waals surface area contributed by atoms with Crippen molar-refractivity contribution in [2.24, 2.45) is 0 Å². The van der Waals surface area contributed by atoms with E-state index in [9.17, 15) is 4.79 Å². The van der Waals surface area contributed by atoms with Crippen LogP contribution < -0.4 is 5.32 Å². The first-order valence-electron chi connectivity index (χ1n) is 6.04. The van der Waals surface area contributed by atoms with Gasteiger partial charge in [0, 0.05) is 30.5 Å². The van der Waals surface area contributed by atoms with Crippen LogP contribution in [0, 0.1) is 6.92 Å². The van der Waals surface area contributed by atoms with Gasteiger partial charge < -0.3 is 10.2 Å². The van der Waals surface area contributed by atoms with E-state index in [0.717, 1.165) is 29.9 Å². The maximum atomic E-state index is 11.9. The molecule has 1 aromatic rings. The molecule has 1 aliphatic rings. The maximum Gasteiger partial charge on any atom is 0.257 e. The summed E-state index contributed by atoms with van der Waals surface area (Å²) >= 11 is 0. The first-order valence-corrected chi connectivity index (χ1v) is 6.04. The SMILES string of the molecule is CCN(/C=C1/C(=O)Nc2ccc(C)cc21)CC. The zero-order valence-electron chi connectivity index (χ0n) is 10.6. The van der Waals surface area contributed by atoms with E-state index in [1.54, 1.807) is 0 Å². The topological polar surface area (TPSA) is 32.3 Å². The number of nitrogens with zero attached hydrogens (tertiary/aromatic N) is 1. The van der Waals surface area contributed by atoms with Crippen molar-refractivity contribution in [2.75, 3.05) is 18.4 Å². The van der Waals surface area contributed by atoms with Crippen LogP contribution >= 0.6 is 0 Å². The molecule has 3 heteroatoms. The number of aryl methyl sites for hydroxylation is 1. The first kappa shape index (κ1) is 11.7. The van der Waals surface area contributed by atoms with Crippen molar-refractivity contribution in [1.29, 1.82) is 0 Å². The predicted octanol–water partition coefficient (Wildman–Crippen LogP) is 2.63. The molecule has 17 heavy (non-hydrogen) atoms. The molecule has 0 aromatic heterocycles. The van der Waals surface area contributed by atoms with E-state index in [2.05, 4.69) is 30.1 Å². The molecule has 0 fully saturated rings. The highest BCUT2D eigenvalue weighted by Crippen LogP contribution is 2.32. The van der Waals surface area contributed by atoms with Crippen molar-refractivity contribution >= 4 is 17.2 Å². The summed E-state index contributed by atoms with van der Waals surface area (Å²) in [4.78, 5) is 14.0. The average molecular weight is 230 g/mol. The number of hydrogen-bond donors (Lipinski definition) is 1. The van der Waals surface area contributed by atoms with Gasteiger partial charge in [0.05, 0.1) is 5.57 Å². The third-order valence-electron chi connectivity index (χ3n) is 3.08. The van der Waals surface area contributed by atoms with E-state index in [4.69, 9.17) is 0 Å². The predicted molar refractivity (Wildman–Crippen MR) is 70.7 cm³/mol. The smallest absolute Gasteiger partial charge is 0.257 e. The number of fused-ring (bicyclic) bond motifs is 1. The summed E-state index contributed by atoms with van der Waals surface area (Å²) in [6.07, 6.45) is 1.96. The van der Waals surface area contributed by atoms with Gasteiger partial charge in [-0.05, 0) is 32.9 Å². The Morgan fingerprint density at radius 3 is 2.65 bits per heavy atom.